The summed E-state index contributed by atoms with van der Waals surface area (Å²) < 4.78 is 18.1. The van der Waals surface area contributed by atoms with Gasteiger partial charge in [0.2, 0.25) is 0 Å². The van der Waals surface area contributed by atoms with Gasteiger partial charge < -0.3 is 38.2 Å². The van der Waals surface area contributed by atoms with Crippen molar-refractivity contribution in [2.24, 2.45) is 0 Å². The van der Waals surface area contributed by atoms with E-state index >= 15 is 0 Å². The monoisotopic (exact) mass is 2080 g/mol. The number of fused-ring (bicyclic) bond motifs is 8. The van der Waals surface area contributed by atoms with E-state index in [1.807, 2.05) is 24.5 Å². The van der Waals surface area contributed by atoms with Crippen LogP contribution >= 0.6 is 0 Å². The number of ether oxygens (including phenoxy) is 2. The van der Waals surface area contributed by atoms with Crippen LogP contribution in [-0.2, 0) is 85.5 Å². The van der Waals surface area contributed by atoms with Crippen molar-refractivity contribution in [2.45, 2.75) is 189 Å². The Morgan fingerprint density at radius 1 is 0.244 bits per heavy atom. The van der Waals surface area contributed by atoms with Crippen LogP contribution in [0, 0.1) is 37.6 Å². The number of anilines is 8. The van der Waals surface area contributed by atoms with Crippen LogP contribution < -0.4 is 29.1 Å². The molecule has 0 fully saturated rings. The van der Waals surface area contributed by atoms with E-state index in [-0.39, 0.29) is 85.5 Å². The number of hydrogen-bond donors (Lipinski definition) is 0. The molecule has 2 aliphatic rings. The first kappa shape index (κ1) is 92.2. The Hall–Kier alpha value is -12.1. The second-order valence-electron chi connectivity index (χ2n) is 41.6. The summed E-state index contributed by atoms with van der Waals surface area (Å²) in [5, 5.41) is 4.48. The van der Waals surface area contributed by atoms with Gasteiger partial charge in [0.25, 0.3) is 0 Å². The molecule has 0 bridgehead atoms. The number of para-hydroxylation sites is 6. The normalized spacial score (nSPS) is 13.3. The van der Waals surface area contributed by atoms with Crippen LogP contribution in [0.4, 0.5) is 45.5 Å². The molecule has 0 aliphatic carbocycles. The zero-order valence-corrected chi connectivity index (χ0v) is 83.7. The summed E-state index contributed by atoms with van der Waals surface area (Å²) >= 11 is 0. The SMILES string of the molecule is CC(C)(C)c1cc(Oc2[c-]c3c(cc2)c2ccccc2n3-c2cc(C(C)(C)C)ccn2)[c-]c(N2[CH-]N(c3cc(C(C)(C)C)cc(C(C)(C)c4ccccc4)c3)c3ccccc32)c1.CC(C)(C)c1cc(Oc2[c-]c3c(cc2)c2ccccc2n3-c2cc(C(C)(C)C)ccn2)[c-]c(N2[CH-]N(c3cc(C(C)(C)c4ccccc4)cc(C(C)(C)c4ccccc4)c3)c3ccccc32)c1.[Pt].[Pt]. The van der Waals surface area contributed by atoms with E-state index in [0.29, 0.717) is 23.0 Å². The molecule has 2 aliphatic heterocycles. The Labute approximate surface area is 804 Å². The van der Waals surface area contributed by atoms with Gasteiger partial charge in [-0.25, -0.2) is 9.97 Å². The van der Waals surface area contributed by atoms with E-state index < -0.39 is 0 Å². The Bertz CT molecular complexity index is 7020. The van der Waals surface area contributed by atoms with Crippen LogP contribution in [0.15, 0.2) is 310 Å². The van der Waals surface area contributed by atoms with Crippen LogP contribution in [0.5, 0.6) is 23.0 Å². The molecule has 4 aromatic heterocycles. The fraction of sp³-hybridized carbons (Fsp3) is 0.244. The molecule has 19 rings (SSSR count). The molecule has 12 heteroatoms. The van der Waals surface area contributed by atoms with E-state index in [9.17, 15) is 0 Å². The van der Waals surface area contributed by atoms with Gasteiger partial charge in [-0.2, -0.15) is 12.1 Å². The second kappa shape index (κ2) is 35.2. The minimum Gasteiger partial charge on any atom is -0.509 e. The molecule has 0 N–H and O–H groups in total. The maximum Gasteiger partial charge on any atom is 0.135 e. The number of rotatable bonds is 16. The molecular formula is C119H116N8O2Pt2-6. The first-order valence-corrected chi connectivity index (χ1v) is 45.2. The van der Waals surface area contributed by atoms with Crippen molar-refractivity contribution in [1.82, 2.24) is 19.1 Å². The molecule has 13 aromatic carbocycles. The zero-order valence-electron chi connectivity index (χ0n) is 79.1. The van der Waals surface area contributed by atoms with Gasteiger partial charge in [-0.3, -0.25) is 0 Å². The van der Waals surface area contributed by atoms with Crippen molar-refractivity contribution in [3.8, 4) is 34.6 Å². The van der Waals surface area contributed by atoms with E-state index in [1.54, 1.807) is 0 Å². The summed E-state index contributed by atoms with van der Waals surface area (Å²) in [7, 11) is 0. The maximum atomic E-state index is 6.88. The fourth-order valence-electron chi connectivity index (χ4n) is 18.0. The zero-order chi connectivity index (χ0) is 90.7. The average Bonchev–Trinajstić information content (AvgIpc) is 1.70. The Balaban J connectivity index is 0.000000189. The van der Waals surface area contributed by atoms with E-state index in [1.165, 1.54) is 50.1 Å². The molecule has 131 heavy (non-hydrogen) atoms. The molecule has 17 aromatic rings. The number of hydrogen-bond acceptors (Lipinski definition) is 8. The first-order valence-electron chi connectivity index (χ1n) is 45.2. The topological polar surface area (TPSA) is 67.1 Å². The number of aromatic nitrogens is 4. The summed E-state index contributed by atoms with van der Waals surface area (Å²) in [4.78, 5) is 19.0. The van der Waals surface area contributed by atoms with E-state index in [2.05, 4.69) is 497 Å². The van der Waals surface area contributed by atoms with E-state index in [0.717, 1.165) is 112 Å². The Morgan fingerprint density at radius 3 is 0.885 bits per heavy atom. The minimum atomic E-state index is -0.264. The molecule has 0 radical (unpaired) electrons. The van der Waals surface area contributed by atoms with Crippen molar-refractivity contribution in [2.75, 3.05) is 19.6 Å². The van der Waals surface area contributed by atoms with Gasteiger partial charge in [-0.15, -0.1) is 107 Å². The summed E-state index contributed by atoms with van der Waals surface area (Å²) in [6, 6.07) is 122. The third-order valence-corrected chi connectivity index (χ3v) is 26.3. The largest absolute Gasteiger partial charge is 0.509 e. The van der Waals surface area contributed by atoms with Crippen LogP contribution in [0.3, 0.4) is 0 Å². The average molecular weight is 2080 g/mol. The molecule has 0 unspecified atom stereocenters. The molecule has 670 valence electrons. The number of benzene rings is 13. The van der Waals surface area contributed by atoms with Gasteiger partial charge >= 0.3 is 0 Å². The van der Waals surface area contributed by atoms with Crippen molar-refractivity contribution < 1.29 is 51.6 Å². The standard InChI is InChI=1S/C62H59N4O.C57H57N4O.2Pt/c1-59(2,3)44-31-32-63-58(38-44)66-54-26-18-17-25-52(54)53-30-29-50(40-57(53)66)67-51-37-45(60(4,5)6)34-49(39-51)65-41-64(55-27-19-20-28-56(55)65)48-35-46(61(7,8)42-21-13-11-14-22-42)33-47(36-48)62(9,10)43-23-15-12-16-24-43;1-54(2,3)39-27-28-58-53(34-39)61-49-22-16-15-21-47(49)48-26-25-45(36-52(48)61)62-46-33-41(56(7,8)9)31-44(35-46)60-37-59(50-23-17-18-24-51(50)60)43-30-40(55(4,5)6)29-42(32-43)57(10,11)38-19-13-12-14-20-38;;/h11-38,41H,1-10H3;12-34,37H,1-11H3;;/q2*-3;;. The molecule has 0 saturated heterocycles. The van der Waals surface area contributed by atoms with Crippen molar-refractivity contribution in [3.05, 3.63) is 408 Å². The van der Waals surface area contributed by atoms with Gasteiger partial charge in [-0.1, -0.05) is 320 Å². The molecular weight excluding hydrogens is 1960 g/mol. The summed E-state index contributed by atoms with van der Waals surface area (Å²) in [6.07, 6.45) is 3.82. The molecule has 0 atom stereocenters. The van der Waals surface area contributed by atoms with Crippen molar-refractivity contribution in [1.29, 1.82) is 0 Å². The minimum absolute atomic E-state index is 0. The van der Waals surface area contributed by atoms with Gasteiger partial charge in [0.15, 0.2) is 0 Å². The maximum absolute atomic E-state index is 6.88. The predicted octanol–water partition coefficient (Wildman–Crippen LogP) is 31.4. The van der Waals surface area contributed by atoms with E-state index in [4.69, 9.17) is 19.4 Å². The second-order valence-corrected chi connectivity index (χ2v) is 41.6. The summed E-state index contributed by atoms with van der Waals surface area (Å²) in [5.41, 5.74) is 24.8. The third kappa shape index (κ3) is 18.1. The predicted molar refractivity (Wildman–Crippen MR) is 538 cm³/mol. The van der Waals surface area contributed by atoms with Gasteiger partial charge in [0.1, 0.15) is 11.6 Å². The molecule has 0 amide bonds. The first-order chi connectivity index (χ1) is 61.3. The van der Waals surface area contributed by atoms with Crippen LogP contribution in [0.25, 0.3) is 55.2 Å². The third-order valence-electron chi connectivity index (χ3n) is 26.3. The number of pyridine rings is 2. The number of nitrogens with zero attached hydrogens (tertiary/aromatic N) is 8. The molecule has 6 heterocycles. The molecule has 0 saturated carbocycles. The smallest absolute Gasteiger partial charge is 0.135 e. The van der Waals surface area contributed by atoms with Crippen LogP contribution in [0.2, 0.25) is 0 Å². The summed E-state index contributed by atoms with van der Waals surface area (Å²) in [6.45, 7) is 52.2. The molecule has 0 spiro atoms. The Morgan fingerprint density at radius 2 is 0.542 bits per heavy atom. The Kier molecular flexibility index (Phi) is 24.8. The van der Waals surface area contributed by atoms with Crippen molar-refractivity contribution >= 4 is 89.1 Å². The summed E-state index contributed by atoms with van der Waals surface area (Å²) in [5.74, 6) is 4.18. The quantitative estimate of drug-likeness (QED) is 0.0887. The van der Waals surface area contributed by atoms with Crippen molar-refractivity contribution in [3.63, 3.8) is 0 Å². The van der Waals surface area contributed by atoms with Gasteiger partial charge in [-0.05, 0) is 173 Å². The van der Waals surface area contributed by atoms with Gasteiger partial charge in [0.05, 0.1) is 0 Å². The van der Waals surface area contributed by atoms with Crippen LogP contribution in [-0.4, -0.2) is 19.1 Å². The van der Waals surface area contributed by atoms with Crippen LogP contribution in [0.1, 0.15) is 207 Å². The fourth-order valence-corrected chi connectivity index (χ4v) is 18.0. The van der Waals surface area contributed by atoms with Gasteiger partial charge in [0, 0.05) is 139 Å². The molecule has 10 nitrogen and oxygen atoms in total.